The number of hydrogen-bond donors (Lipinski definition) is 0. The van der Waals surface area contributed by atoms with Crippen LogP contribution in [0.15, 0.2) is 176 Å². The van der Waals surface area contributed by atoms with Crippen LogP contribution in [-0.2, 0) is 10.8 Å². The quantitative estimate of drug-likeness (QED) is 0.202. The van der Waals surface area contributed by atoms with E-state index in [0.717, 1.165) is 11.1 Å². The van der Waals surface area contributed by atoms with E-state index in [1.165, 1.54) is 55.6 Å². The molecule has 0 N–H and O–H groups in total. The van der Waals surface area contributed by atoms with Gasteiger partial charge in [0.1, 0.15) is 0 Å². The molecule has 0 radical (unpaired) electrons. The van der Waals surface area contributed by atoms with E-state index in [2.05, 4.69) is 170 Å². The van der Waals surface area contributed by atoms with Gasteiger partial charge < -0.3 is 0 Å². The molecule has 0 fully saturated rings. The zero-order valence-electron chi connectivity index (χ0n) is 25.2. The Balaban J connectivity index is 1.50. The Morgan fingerprint density at radius 2 is 0.804 bits per heavy atom. The van der Waals surface area contributed by atoms with Crippen molar-refractivity contribution in [1.82, 2.24) is 0 Å². The van der Waals surface area contributed by atoms with E-state index < -0.39 is 10.8 Å². The molecule has 0 heterocycles. The van der Waals surface area contributed by atoms with Crippen molar-refractivity contribution in [1.29, 1.82) is 5.26 Å². The van der Waals surface area contributed by atoms with Crippen molar-refractivity contribution in [3.63, 3.8) is 0 Å². The molecular weight excluding hydrogens is 555 g/mol. The summed E-state index contributed by atoms with van der Waals surface area (Å²) < 4.78 is 0. The summed E-state index contributed by atoms with van der Waals surface area (Å²) in [5.41, 5.74) is 14.7. The second kappa shape index (κ2) is 10.0. The van der Waals surface area contributed by atoms with Gasteiger partial charge in [0.2, 0.25) is 0 Å². The molecule has 2 atom stereocenters. The van der Waals surface area contributed by atoms with Crippen LogP contribution in [-0.4, -0.2) is 0 Å². The van der Waals surface area contributed by atoms with Crippen LogP contribution in [0.1, 0.15) is 50.1 Å². The molecule has 7 aromatic carbocycles. The highest BCUT2D eigenvalue weighted by Crippen LogP contribution is 2.66. The summed E-state index contributed by atoms with van der Waals surface area (Å²) in [4.78, 5) is 0. The lowest BCUT2D eigenvalue weighted by molar-refractivity contribution is 0.627. The van der Waals surface area contributed by atoms with E-state index in [4.69, 9.17) is 0 Å². The first-order valence-corrected chi connectivity index (χ1v) is 15.8. The van der Waals surface area contributed by atoms with Gasteiger partial charge in [-0.05, 0) is 78.9 Å². The van der Waals surface area contributed by atoms with Crippen LogP contribution < -0.4 is 0 Å². The largest absolute Gasteiger partial charge is 0.192 e. The molecule has 2 aliphatic carbocycles. The van der Waals surface area contributed by atoms with Crippen LogP contribution in [0.4, 0.5) is 0 Å². The summed E-state index contributed by atoms with van der Waals surface area (Å²) in [6.45, 7) is 0. The molecule has 214 valence electrons. The SMILES string of the molecule is N#Cc1ccc(-c2ccccc2C2(c3ccccc3)c3ccccc3C3(c4ccccc4)c4ccccc4-c4cccc2c43)cc1. The normalized spacial score (nSPS) is 18.6. The van der Waals surface area contributed by atoms with Crippen LogP contribution in [0.2, 0.25) is 0 Å². The van der Waals surface area contributed by atoms with Crippen LogP contribution in [0.5, 0.6) is 0 Å². The fraction of sp³-hybridized carbons (Fsp3) is 0.0444. The van der Waals surface area contributed by atoms with Crippen molar-refractivity contribution in [2.75, 3.05) is 0 Å². The summed E-state index contributed by atoms with van der Waals surface area (Å²) in [5, 5.41) is 9.57. The highest BCUT2D eigenvalue weighted by Gasteiger charge is 2.57. The Kier molecular flexibility index (Phi) is 5.76. The minimum Gasteiger partial charge on any atom is -0.192 e. The van der Waals surface area contributed by atoms with Crippen LogP contribution >= 0.6 is 0 Å². The van der Waals surface area contributed by atoms with Crippen molar-refractivity contribution in [3.8, 4) is 28.3 Å². The predicted molar refractivity (Wildman–Crippen MR) is 186 cm³/mol. The van der Waals surface area contributed by atoms with Crippen LogP contribution in [0.25, 0.3) is 22.3 Å². The van der Waals surface area contributed by atoms with Gasteiger partial charge in [-0.2, -0.15) is 5.26 Å². The first-order valence-electron chi connectivity index (χ1n) is 15.8. The molecule has 46 heavy (non-hydrogen) atoms. The molecule has 9 rings (SSSR count). The number of nitrogens with zero attached hydrogens (tertiary/aromatic N) is 1. The van der Waals surface area contributed by atoms with Crippen molar-refractivity contribution >= 4 is 0 Å². The highest BCUT2D eigenvalue weighted by molar-refractivity contribution is 5.92. The second-order valence-corrected chi connectivity index (χ2v) is 12.3. The molecule has 0 saturated carbocycles. The Hall–Kier alpha value is -5.97. The fourth-order valence-electron chi connectivity index (χ4n) is 8.61. The molecule has 0 spiro atoms. The molecule has 0 bridgehead atoms. The fourth-order valence-corrected chi connectivity index (χ4v) is 8.61. The standard InChI is InChI=1S/C45H29N/c46-30-31-26-28-32(29-27-31)35-18-7-9-21-38(35)44(33-14-3-1-4-15-33)40-23-11-12-24-41(40)45(34-16-5-2-6-17-34)39-22-10-8-19-36(39)37-20-13-25-42(44)43(37)45/h1-29H. The number of nitriles is 1. The van der Waals surface area contributed by atoms with Crippen molar-refractivity contribution < 1.29 is 0 Å². The van der Waals surface area contributed by atoms with E-state index in [0.29, 0.717) is 5.56 Å². The molecule has 7 aromatic rings. The lowest BCUT2D eigenvalue weighted by atomic mass is 9.51. The zero-order valence-corrected chi connectivity index (χ0v) is 25.2. The summed E-state index contributed by atoms with van der Waals surface area (Å²) in [6, 6.07) is 66.4. The van der Waals surface area contributed by atoms with Gasteiger partial charge in [0, 0.05) is 0 Å². The smallest absolute Gasteiger partial charge is 0.0991 e. The monoisotopic (exact) mass is 583 g/mol. The van der Waals surface area contributed by atoms with Gasteiger partial charge >= 0.3 is 0 Å². The summed E-state index contributed by atoms with van der Waals surface area (Å²) in [5.74, 6) is 0. The van der Waals surface area contributed by atoms with Crippen LogP contribution in [0, 0.1) is 11.3 Å². The first-order chi connectivity index (χ1) is 22.8. The second-order valence-electron chi connectivity index (χ2n) is 12.3. The molecule has 2 aliphatic rings. The van der Waals surface area contributed by atoms with E-state index >= 15 is 0 Å². The Morgan fingerprint density at radius 3 is 1.43 bits per heavy atom. The lowest BCUT2D eigenvalue weighted by Crippen LogP contribution is -2.44. The summed E-state index contributed by atoms with van der Waals surface area (Å²) in [6.07, 6.45) is 0. The van der Waals surface area contributed by atoms with E-state index in [9.17, 15) is 5.26 Å². The predicted octanol–water partition coefficient (Wildman–Crippen LogP) is 10.3. The molecule has 0 amide bonds. The van der Waals surface area contributed by atoms with E-state index in [1.807, 2.05) is 12.1 Å². The maximum atomic E-state index is 9.57. The van der Waals surface area contributed by atoms with E-state index in [1.54, 1.807) is 0 Å². The van der Waals surface area contributed by atoms with Crippen LogP contribution in [0.3, 0.4) is 0 Å². The molecule has 0 aromatic heterocycles. The maximum absolute atomic E-state index is 9.57. The lowest BCUT2D eigenvalue weighted by Gasteiger charge is -2.50. The van der Waals surface area contributed by atoms with Gasteiger partial charge in [0.25, 0.3) is 0 Å². The van der Waals surface area contributed by atoms with E-state index in [-0.39, 0.29) is 0 Å². The topological polar surface area (TPSA) is 23.8 Å². The van der Waals surface area contributed by atoms with Gasteiger partial charge in [0.15, 0.2) is 0 Å². The molecule has 1 nitrogen and oxygen atoms in total. The molecular formula is C45H29N. The van der Waals surface area contributed by atoms with Gasteiger partial charge in [0.05, 0.1) is 22.5 Å². The highest BCUT2D eigenvalue weighted by atomic mass is 14.6. The number of benzene rings is 7. The Labute approximate surface area is 269 Å². The average Bonchev–Trinajstić information content (AvgIpc) is 3.45. The van der Waals surface area contributed by atoms with Crippen molar-refractivity contribution in [3.05, 3.63) is 226 Å². The zero-order chi connectivity index (χ0) is 30.7. The number of fused-ring (bicyclic) bond motifs is 5. The third-order valence-electron chi connectivity index (χ3n) is 10.3. The van der Waals surface area contributed by atoms with Gasteiger partial charge in [-0.1, -0.05) is 164 Å². The van der Waals surface area contributed by atoms with Gasteiger partial charge in [-0.25, -0.2) is 0 Å². The van der Waals surface area contributed by atoms with Gasteiger partial charge in [-0.3, -0.25) is 0 Å². The molecule has 1 heteroatoms. The minimum absolute atomic E-state index is 0.470. The maximum Gasteiger partial charge on any atom is 0.0991 e. The number of rotatable bonds is 4. The molecule has 0 saturated heterocycles. The third-order valence-corrected chi connectivity index (χ3v) is 10.3. The number of hydrogen-bond acceptors (Lipinski definition) is 1. The van der Waals surface area contributed by atoms with Crippen molar-refractivity contribution in [2.45, 2.75) is 10.8 Å². The minimum atomic E-state index is -0.617. The summed E-state index contributed by atoms with van der Waals surface area (Å²) >= 11 is 0. The average molecular weight is 584 g/mol. The summed E-state index contributed by atoms with van der Waals surface area (Å²) in [7, 11) is 0. The Morgan fingerprint density at radius 1 is 0.348 bits per heavy atom. The van der Waals surface area contributed by atoms with Gasteiger partial charge in [-0.15, -0.1) is 0 Å². The molecule has 2 unspecified atom stereocenters. The Bertz CT molecular complexity index is 2310. The third kappa shape index (κ3) is 3.34. The molecule has 0 aliphatic heterocycles. The first kappa shape index (κ1) is 26.4. The van der Waals surface area contributed by atoms with Crippen molar-refractivity contribution in [2.24, 2.45) is 0 Å².